The Labute approximate surface area is 69.0 Å². The van der Waals surface area contributed by atoms with Gasteiger partial charge in [0.2, 0.25) is 0 Å². The lowest BCUT2D eigenvalue weighted by molar-refractivity contribution is 0.232. The van der Waals surface area contributed by atoms with Crippen LogP contribution in [0.3, 0.4) is 0 Å². The number of hydrogen-bond donors (Lipinski definition) is 2. The van der Waals surface area contributed by atoms with Crippen LogP contribution in [0.5, 0.6) is 0 Å². The first kappa shape index (κ1) is 9.01. The molecule has 0 aliphatic heterocycles. The zero-order valence-corrected chi connectivity index (χ0v) is 7.51. The Kier molecular flexibility index (Phi) is 3.34. The minimum atomic E-state index is 0.253. The van der Waals surface area contributed by atoms with Crippen LogP contribution >= 0.6 is 0 Å². The monoisotopic (exact) mass is 157 g/mol. The molecule has 0 amide bonds. The fourth-order valence-electron chi connectivity index (χ4n) is 1.81. The van der Waals surface area contributed by atoms with Gasteiger partial charge in [-0.05, 0) is 25.7 Å². The lowest BCUT2D eigenvalue weighted by Crippen LogP contribution is -2.39. The summed E-state index contributed by atoms with van der Waals surface area (Å²) in [5.41, 5.74) is 0. The molecule has 0 unspecified atom stereocenters. The van der Waals surface area contributed by atoms with E-state index in [2.05, 4.69) is 12.2 Å². The normalized spacial score (nSPS) is 34.1. The number of aliphatic hydroxyl groups is 1. The molecule has 11 heavy (non-hydrogen) atoms. The van der Waals surface area contributed by atoms with Gasteiger partial charge >= 0.3 is 0 Å². The van der Waals surface area contributed by atoms with Crippen molar-refractivity contribution in [2.75, 3.05) is 6.61 Å². The third-order valence-corrected chi connectivity index (χ3v) is 2.63. The van der Waals surface area contributed by atoms with Gasteiger partial charge in [-0.25, -0.2) is 0 Å². The second kappa shape index (κ2) is 4.07. The summed E-state index contributed by atoms with van der Waals surface area (Å²) in [6.45, 7) is 4.57. The van der Waals surface area contributed by atoms with E-state index in [1.807, 2.05) is 6.92 Å². The number of rotatable bonds is 3. The molecule has 0 aromatic carbocycles. The predicted octanol–water partition coefficient (Wildman–Crippen LogP) is 1.15. The van der Waals surface area contributed by atoms with Crippen LogP contribution in [-0.4, -0.2) is 23.8 Å². The van der Waals surface area contributed by atoms with Gasteiger partial charge in [0.15, 0.2) is 0 Å². The molecular formula is C9H19NO. The third-order valence-electron chi connectivity index (χ3n) is 2.63. The summed E-state index contributed by atoms with van der Waals surface area (Å²) in [6, 6.07) is 0.915. The Hall–Kier alpha value is -0.0800. The molecule has 0 bridgehead atoms. The fourth-order valence-corrected chi connectivity index (χ4v) is 1.81. The molecule has 1 fully saturated rings. The van der Waals surface area contributed by atoms with E-state index in [9.17, 15) is 0 Å². The van der Waals surface area contributed by atoms with E-state index < -0.39 is 0 Å². The number of aliphatic hydroxyl groups excluding tert-OH is 1. The van der Waals surface area contributed by atoms with Gasteiger partial charge in [-0.15, -0.1) is 0 Å². The van der Waals surface area contributed by atoms with Crippen LogP contribution in [-0.2, 0) is 0 Å². The summed E-state index contributed by atoms with van der Waals surface area (Å²) in [5.74, 6) is 0.795. The van der Waals surface area contributed by atoms with Crippen molar-refractivity contribution in [3.63, 3.8) is 0 Å². The van der Waals surface area contributed by atoms with Crippen molar-refractivity contribution >= 4 is 0 Å². The molecular weight excluding hydrogens is 138 g/mol. The highest BCUT2D eigenvalue weighted by Crippen LogP contribution is 2.24. The first-order chi connectivity index (χ1) is 5.24. The summed E-state index contributed by atoms with van der Waals surface area (Å²) in [4.78, 5) is 0. The van der Waals surface area contributed by atoms with Crippen molar-refractivity contribution in [2.24, 2.45) is 5.92 Å². The minimum Gasteiger partial charge on any atom is -0.395 e. The summed E-state index contributed by atoms with van der Waals surface area (Å²) < 4.78 is 0. The molecule has 0 aromatic heterocycles. The van der Waals surface area contributed by atoms with Crippen LogP contribution in [0.2, 0.25) is 0 Å². The van der Waals surface area contributed by atoms with E-state index in [1.54, 1.807) is 0 Å². The highest BCUT2D eigenvalue weighted by Gasteiger charge is 2.23. The largest absolute Gasteiger partial charge is 0.395 e. The molecule has 0 radical (unpaired) electrons. The first-order valence-electron chi connectivity index (χ1n) is 4.61. The van der Waals surface area contributed by atoms with Crippen LogP contribution < -0.4 is 5.32 Å². The summed E-state index contributed by atoms with van der Waals surface area (Å²) in [7, 11) is 0. The SMILES string of the molecule is C[C@H](CO)N[C@H]1CCC[C@H]1C. The third kappa shape index (κ3) is 2.46. The Morgan fingerprint density at radius 2 is 2.27 bits per heavy atom. The van der Waals surface area contributed by atoms with Gasteiger partial charge < -0.3 is 10.4 Å². The highest BCUT2D eigenvalue weighted by molar-refractivity contribution is 4.81. The molecule has 2 heteroatoms. The minimum absolute atomic E-state index is 0.253. The fraction of sp³-hybridized carbons (Fsp3) is 1.00. The number of nitrogens with one attached hydrogen (secondary N) is 1. The summed E-state index contributed by atoms with van der Waals surface area (Å²) in [5, 5.41) is 12.2. The zero-order valence-electron chi connectivity index (χ0n) is 7.51. The maximum Gasteiger partial charge on any atom is 0.0582 e. The molecule has 0 spiro atoms. The predicted molar refractivity (Wildman–Crippen MR) is 46.5 cm³/mol. The van der Waals surface area contributed by atoms with Crippen molar-refractivity contribution in [2.45, 2.75) is 45.2 Å². The molecule has 3 atom stereocenters. The topological polar surface area (TPSA) is 32.3 Å². The van der Waals surface area contributed by atoms with E-state index in [1.165, 1.54) is 19.3 Å². The Morgan fingerprint density at radius 3 is 2.73 bits per heavy atom. The van der Waals surface area contributed by atoms with Crippen LogP contribution in [0.15, 0.2) is 0 Å². The average Bonchev–Trinajstić information content (AvgIpc) is 2.37. The average molecular weight is 157 g/mol. The summed E-state index contributed by atoms with van der Waals surface area (Å²) in [6.07, 6.45) is 3.97. The lowest BCUT2D eigenvalue weighted by Gasteiger charge is -2.21. The van der Waals surface area contributed by atoms with Gasteiger partial charge in [0.1, 0.15) is 0 Å². The molecule has 0 aromatic rings. The first-order valence-corrected chi connectivity index (χ1v) is 4.61. The Morgan fingerprint density at radius 1 is 1.55 bits per heavy atom. The van der Waals surface area contributed by atoms with Gasteiger partial charge in [0, 0.05) is 12.1 Å². The van der Waals surface area contributed by atoms with Gasteiger partial charge in [0.05, 0.1) is 6.61 Å². The van der Waals surface area contributed by atoms with Crippen LogP contribution in [0.1, 0.15) is 33.1 Å². The van der Waals surface area contributed by atoms with Crippen LogP contribution in [0, 0.1) is 5.92 Å². The van der Waals surface area contributed by atoms with E-state index in [4.69, 9.17) is 5.11 Å². The van der Waals surface area contributed by atoms with Gasteiger partial charge in [-0.3, -0.25) is 0 Å². The van der Waals surface area contributed by atoms with Crippen LogP contribution in [0.4, 0.5) is 0 Å². The molecule has 1 rings (SSSR count). The molecule has 2 N–H and O–H groups in total. The molecule has 1 aliphatic carbocycles. The van der Waals surface area contributed by atoms with Crippen molar-refractivity contribution in [3.05, 3.63) is 0 Å². The highest BCUT2D eigenvalue weighted by atomic mass is 16.3. The second-order valence-corrected chi connectivity index (χ2v) is 3.76. The molecule has 2 nitrogen and oxygen atoms in total. The van der Waals surface area contributed by atoms with Gasteiger partial charge in [0.25, 0.3) is 0 Å². The van der Waals surface area contributed by atoms with E-state index in [0.29, 0.717) is 6.04 Å². The van der Waals surface area contributed by atoms with Crippen molar-refractivity contribution in [1.29, 1.82) is 0 Å². The lowest BCUT2D eigenvalue weighted by atomic mass is 10.1. The van der Waals surface area contributed by atoms with E-state index in [-0.39, 0.29) is 12.6 Å². The Bertz CT molecular complexity index is 116. The molecule has 1 aliphatic rings. The zero-order chi connectivity index (χ0) is 8.27. The molecule has 0 heterocycles. The molecule has 66 valence electrons. The van der Waals surface area contributed by atoms with E-state index >= 15 is 0 Å². The standard InChI is InChI=1S/C9H19NO/c1-7-4-3-5-9(7)10-8(2)6-11/h7-11H,3-6H2,1-2H3/t7-,8-,9+/m1/s1. The van der Waals surface area contributed by atoms with Gasteiger partial charge in [-0.1, -0.05) is 13.3 Å². The maximum atomic E-state index is 8.82. The smallest absolute Gasteiger partial charge is 0.0582 e. The van der Waals surface area contributed by atoms with Crippen molar-refractivity contribution < 1.29 is 5.11 Å². The maximum absolute atomic E-state index is 8.82. The van der Waals surface area contributed by atoms with Crippen LogP contribution in [0.25, 0.3) is 0 Å². The van der Waals surface area contributed by atoms with Crippen molar-refractivity contribution in [1.82, 2.24) is 5.32 Å². The molecule has 1 saturated carbocycles. The molecule has 0 saturated heterocycles. The Balaban J connectivity index is 2.24. The quantitative estimate of drug-likeness (QED) is 0.644. The second-order valence-electron chi connectivity index (χ2n) is 3.76. The summed E-state index contributed by atoms with van der Waals surface area (Å²) >= 11 is 0. The number of hydrogen-bond acceptors (Lipinski definition) is 2. The van der Waals surface area contributed by atoms with Gasteiger partial charge in [-0.2, -0.15) is 0 Å². The van der Waals surface area contributed by atoms with E-state index in [0.717, 1.165) is 5.92 Å². The van der Waals surface area contributed by atoms with Crippen molar-refractivity contribution in [3.8, 4) is 0 Å².